The van der Waals surface area contributed by atoms with E-state index in [0.29, 0.717) is 12.1 Å². The van der Waals surface area contributed by atoms with Gasteiger partial charge in [-0.05, 0) is 18.2 Å². The quantitative estimate of drug-likeness (QED) is 0.646. The van der Waals surface area contributed by atoms with Crippen LogP contribution in [0.5, 0.6) is 0 Å². The molecule has 0 atom stereocenters. The standard InChI is InChI=1S/C14H5F4NO2/c15-7-2-1-3-8(16)12(7)13-19-11-5-10(18)9(17)4-6(11)14(20)21-13/h1-5H. The molecule has 3 rings (SSSR count). The molecule has 0 fully saturated rings. The van der Waals surface area contributed by atoms with Gasteiger partial charge in [-0.1, -0.05) is 6.07 Å². The minimum atomic E-state index is -1.25. The number of nitrogens with zero attached hydrogens (tertiary/aromatic N) is 1. The van der Waals surface area contributed by atoms with Gasteiger partial charge in [-0.3, -0.25) is 0 Å². The Balaban J connectivity index is 2.36. The first kappa shape index (κ1) is 13.3. The van der Waals surface area contributed by atoms with E-state index in [9.17, 15) is 22.4 Å². The van der Waals surface area contributed by atoms with Crippen molar-refractivity contribution in [1.29, 1.82) is 0 Å². The van der Waals surface area contributed by atoms with Crippen molar-refractivity contribution >= 4 is 10.9 Å². The monoisotopic (exact) mass is 295 g/mol. The Bertz CT molecular complexity index is 900. The molecule has 3 aromatic rings. The zero-order chi connectivity index (χ0) is 15.1. The molecular formula is C14H5F4NO2. The van der Waals surface area contributed by atoms with Gasteiger partial charge in [0.25, 0.3) is 0 Å². The van der Waals surface area contributed by atoms with E-state index >= 15 is 0 Å². The molecule has 0 amide bonds. The molecular weight excluding hydrogens is 290 g/mol. The maximum atomic E-state index is 13.6. The van der Waals surface area contributed by atoms with Gasteiger partial charge in [-0.2, -0.15) is 0 Å². The molecule has 0 radical (unpaired) electrons. The van der Waals surface area contributed by atoms with Crippen molar-refractivity contribution in [2.75, 3.05) is 0 Å². The zero-order valence-electron chi connectivity index (χ0n) is 10.2. The SMILES string of the molecule is O=c1oc(-c2c(F)cccc2F)nc2cc(F)c(F)cc12. The van der Waals surface area contributed by atoms with Crippen LogP contribution in [0.3, 0.4) is 0 Å². The summed E-state index contributed by atoms with van der Waals surface area (Å²) in [5, 5.41) is -0.325. The minimum Gasteiger partial charge on any atom is -0.403 e. The Hall–Kier alpha value is -2.70. The van der Waals surface area contributed by atoms with Gasteiger partial charge in [0, 0.05) is 6.07 Å². The molecule has 0 N–H and O–H groups in total. The predicted molar refractivity (Wildman–Crippen MR) is 65.5 cm³/mol. The highest BCUT2D eigenvalue weighted by atomic mass is 19.2. The van der Waals surface area contributed by atoms with E-state index in [1.165, 1.54) is 0 Å². The molecule has 2 aromatic carbocycles. The first-order chi connectivity index (χ1) is 9.97. The maximum absolute atomic E-state index is 13.6. The number of rotatable bonds is 1. The van der Waals surface area contributed by atoms with Crippen molar-refractivity contribution < 1.29 is 22.0 Å². The number of fused-ring (bicyclic) bond motifs is 1. The molecule has 0 saturated heterocycles. The lowest BCUT2D eigenvalue weighted by Gasteiger charge is -2.04. The summed E-state index contributed by atoms with van der Waals surface area (Å²) in [6.07, 6.45) is 0. The van der Waals surface area contributed by atoms with Crippen molar-refractivity contribution in [2.45, 2.75) is 0 Å². The summed E-state index contributed by atoms with van der Waals surface area (Å²) in [6.45, 7) is 0. The van der Waals surface area contributed by atoms with Gasteiger partial charge >= 0.3 is 5.63 Å². The Labute approximate surface area is 114 Å². The Kier molecular flexibility index (Phi) is 2.97. The molecule has 0 unspecified atom stereocenters. The average molecular weight is 295 g/mol. The number of hydrogen-bond donors (Lipinski definition) is 0. The van der Waals surface area contributed by atoms with E-state index in [4.69, 9.17) is 4.42 Å². The second-order valence-electron chi connectivity index (χ2n) is 4.19. The first-order valence-electron chi connectivity index (χ1n) is 5.71. The van der Waals surface area contributed by atoms with E-state index in [-0.39, 0.29) is 10.9 Å². The number of halogens is 4. The fraction of sp³-hybridized carbons (Fsp3) is 0. The summed E-state index contributed by atoms with van der Waals surface area (Å²) in [4.78, 5) is 15.4. The largest absolute Gasteiger partial charge is 0.403 e. The highest BCUT2D eigenvalue weighted by molar-refractivity contribution is 5.78. The lowest BCUT2D eigenvalue weighted by atomic mass is 10.2. The summed E-state index contributed by atoms with van der Waals surface area (Å²) in [6, 6.07) is 4.31. The topological polar surface area (TPSA) is 43.1 Å². The van der Waals surface area contributed by atoms with Gasteiger partial charge in [0.1, 0.15) is 17.2 Å². The van der Waals surface area contributed by atoms with Crippen molar-refractivity contribution in [1.82, 2.24) is 4.98 Å². The second-order valence-corrected chi connectivity index (χ2v) is 4.19. The highest BCUT2D eigenvalue weighted by Gasteiger charge is 2.18. The average Bonchev–Trinajstić information content (AvgIpc) is 2.41. The van der Waals surface area contributed by atoms with Crippen LogP contribution in [0.1, 0.15) is 0 Å². The smallest absolute Gasteiger partial charge is 0.347 e. The van der Waals surface area contributed by atoms with E-state index in [0.717, 1.165) is 18.2 Å². The van der Waals surface area contributed by atoms with Crippen LogP contribution >= 0.6 is 0 Å². The Morgan fingerprint density at radius 2 is 1.52 bits per heavy atom. The maximum Gasteiger partial charge on any atom is 0.347 e. The fourth-order valence-corrected chi connectivity index (χ4v) is 1.88. The molecule has 0 aliphatic rings. The Morgan fingerprint density at radius 1 is 0.905 bits per heavy atom. The molecule has 0 spiro atoms. The number of benzene rings is 2. The third-order valence-corrected chi connectivity index (χ3v) is 2.85. The summed E-state index contributed by atoms with van der Waals surface area (Å²) in [7, 11) is 0. The zero-order valence-corrected chi connectivity index (χ0v) is 10.2. The Morgan fingerprint density at radius 3 is 2.19 bits per heavy atom. The van der Waals surface area contributed by atoms with Crippen molar-refractivity contribution in [3.8, 4) is 11.5 Å². The lowest BCUT2D eigenvalue weighted by molar-refractivity contribution is 0.494. The van der Waals surface area contributed by atoms with E-state index < -0.39 is 40.3 Å². The van der Waals surface area contributed by atoms with Crippen molar-refractivity contribution in [2.24, 2.45) is 0 Å². The second kappa shape index (κ2) is 4.69. The molecule has 0 saturated carbocycles. The van der Waals surface area contributed by atoms with Crippen LogP contribution in [-0.2, 0) is 0 Å². The molecule has 0 bridgehead atoms. The molecule has 21 heavy (non-hydrogen) atoms. The normalized spacial score (nSPS) is 11.0. The summed E-state index contributed by atoms with van der Waals surface area (Å²) >= 11 is 0. The molecule has 0 aliphatic carbocycles. The van der Waals surface area contributed by atoms with Crippen LogP contribution in [0.2, 0.25) is 0 Å². The molecule has 106 valence electrons. The van der Waals surface area contributed by atoms with E-state index in [1.807, 2.05) is 0 Å². The van der Waals surface area contributed by atoms with Crippen LogP contribution in [0.15, 0.2) is 39.5 Å². The van der Waals surface area contributed by atoms with Gasteiger partial charge in [0.05, 0.1) is 10.9 Å². The third-order valence-electron chi connectivity index (χ3n) is 2.85. The number of hydrogen-bond acceptors (Lipinski definition) is 3. The van der Waals surface area contributed by atoms with Gasteiger partial charge < -0.3 is 4.42 Å². The minimum absolute atomic E-state index is 0.261. The fourth-order valence-electron chi connectivity index (χ4n) is 1.88. The van der Waals surface area contributed by atoms with Gasteiger partial charge in [0.15, 0.2) is 11.6 Å². The van der Waals surface area contributed by atoms with Crippen LogP contribution in [0.4, 0.5) is 17.6 Å². The molecule has 7 heteroatoms. The predicted octanol–water partition coefficient (Wildman–Crippen LogP) is 3.41. The molecule has 3 nitrogen and oxygen atoms in total. The van der Waals surface area contributed by atoms with E-state index in [1.54, 1.807) is 0 Å². The van der Waals surface area contributed by atoms with Gasteiger partial charge in [-0.25, -0.2) is 27.3 Å². The van der Waals surface area contributed by atoms with Crippen LogP contribution < -0.4 is 5.63 Å². The van der Waals surface area contributed by atoms with Crippen LogP contribution in [-0.4, -0.2) is 4.98 Å². The van der Waals surface area contributed by atoms with Gasteiger partial charge in [-0.15, -0.1) is 0 Å². The van der Waals surface area contributed by atoms with Crippen LogP contribution in [0, 0.1) is 23.3 Å². The third kappa shape index (κ3) is 2.16. The van der Waals surface area contributed by atoms with Crippen molar-refractivity contribution in [3.05, 3.63) is 64.0 Å². The summed E-state index contributed by atoms with van der Waals surface area (Å²) in [5.41, 5.74) is -1.99. The van der Waals surface area contributed by atoms with Crippen molar-refractivity contribution in [3.63, 3.8) is 0 Å². The van der Waals surface area contributed by atoms with Gasteiger partial charge in [0.2, 0.25) is 5.89 Å². The first-order valence-corrected chi connectivity index (χ1v) is 5.71. The summed E-state index contributed by atoms with van der Waals surface area (Å²) < 4.78 is 58.2. The lowest BCUT2D eigenvalue weighted by Crippen LogP contribution is -2.05. The summed E-state index contributed by atoms with van der Waals surface area (Å²) in [5.74, 6) is -5.11. The number of aromatic nitrogens is 1. The van der Waals surface area contributed by atoms with E-state index in [2.05, 4.69) is 4.98 Å². The molecule has 0 aliphatic heterocycles. The molecule has 1 heterocycles. The highest BCUT2D eigenvalue weighted by Crippen LogP contribution is 2.25. The van der Waals surface area contributed by atoms with Crippen LogP contribution in [0.25, 0.3) is 22.4 Å². The molecule has 1 aromatic heterocycles.